The second kappa shape index (κ2) is 6.37. The van der Waals surface area contributed by atoms with Crippen molar-refractivity contribution in [2.24, 2.45) is 5.73 Å². The Morgan fingerprint density at radius 2 is 2.20 bits per heavy atom. The van der Waals surface area contributed by atoms with Crippen LogP contribution in [0.3, 0.4) is 0 Å². The summed E-state index contributed by atoms with van der Waals surface area (Å²) in [6.45, 7) is 0.157. The van der Waals surface area contributed by atoms with Crippen LogP contribution < -0.4 is 5.73 Å². The molecule has 0 aromatic heterocycles. The molecule has 0 aliphatic carbocycles. The lowest BCUT2D eigenvalue weighted by Gasteiger charge is -2.03. The zero-order chi connectivity index (χ0) is 10.6. The third-order valence-electron chi connectivity index (χ3n) is 1.91. The summed E-state index contributed by atoms with van der Waals surface area (Å²) in [7, 11) is 1.30. The fourth-order valence-electron chi connectivity index (χ4n) is 1.11. The van der Waals surface area contributed by atoms with Crippen molar-refractivity contribution in [3.63, 3.8) is 0 Å². The highest BCUT2D eigenvalue weighted by atomic mass is 35.5. The number of hydrogen-bond donors (Lipinski definition) is 1. The number of esters is 1. The second-order valence-corrected chi connectivity index (χ2v) is 2.88. The molecule has 3 nitrogen and oxygen atoms in total. The summed E-state index contributed by atoms with van der Waals surface area (Å²) in [5.41, 5.74) is 6.33. The predicted molar refractivity (Wildman–Crippen MR) is 57.3 cm³/mol. The maximum atomic E-state index is 13.2. The van der Waals surface area contributed by atoms with E-state index < -0.39 is 0 Å². The molecule has 1 aromatic rings. The van der Waals surface area contributed by atoms with Crippen molar-refractivity contribution in [2.45, 2.75) is 13.0 Å². The summed E-state index contributed by atoms with van der Waals surface area (Å²) in [6.07, 6.45) is 0.0816. The van der Waals surface area contributed by atoms with Gasteiger partial charge in [0.1, 0.15) is 5.82 Å². The molecule has 0 atom stereocenters. The number of carbonyl (C=O) groups is 1. The molecular weight excluding hydrogens is 221 g/mol. The summed E-state index contributed by atoms with van der Waals surface area (Å²) < 4.78 is 17.6. The van der Waals surface area contributed by atoms with Crippen LogP contribution in [0.25, 0.3) is 0 Å². The van der Waals surface area contributed by atoms with Crippen LogP contribution in [0.15, 0.2) is 18.2 Å². The summed E-state index contributed by atoms with van der Waals surface area (Å²) in [5, 5.41) is 0. The molecule has 0 aliphatic heterocycles. The fraction of sp³-hybridized carbons (Fsp3) is 0.300. The van der Waals surface area contributed by atoms with Gasteiger partial charge in [-0.05, 0) is 11.6 Å². The highest BCUT2D eigenvalue weighted by Crippen LogP contribution is 2.10. The van der Waals surface area contributed by atoms with E-state index in [1.54, 1.807) is 12.1 Å². The molecular formula is C10H13ClFNO2. The van der Waals surface area contributed by atoms with Gasteiger partial charge in [-0.25, -0.2) is 4.39 Å². The van der Waals surface area contributed by atoms with E-state index in [0.717, 1.165) is 0 Å². The number of methoxy groups -OCH3 is 1. The predicted octanol–water partition coefficient (Wildman–Crippen LogP) is 1.42. The molecule has 0 radical (unpaired) electrons. The smallest absolute Gasteiger partial charge is 0.309 e. The normalized spacial score (nSPS) is 9.27. The van der Waals surface area contributed by atoms with Gasteiger partial charge in [-0.1, -0.05) is 12.1 Å². The Hall–Kier alpha value is -1.13. The maximum absolute atomic E-state index is 13.2. The minimum absolute atomic E-state index is 0. The number of nitrogens with two attached hydrogens (primary N) is 1. The SMILES string of the molecule is COC(=O)Cc1ccc(CN)c(F)c1.Cl. The molecule has 0 amide bonds. The summed E-state index contributed by atoms with van der Waals surface area (Å²) in [5.74, 6) is -0.765. The van der Waals surface area contributed by atoms with Gasteiger partial charge in [-0.2, -0.15) is 0 Å². The lowest BCUT2D eigenvalue weighted by Crippen LogP contribution is -2.06. The van der Waals surface area contributed by atoms with E-state index in [0.29, 0.717) is 11.1 Å². The molecule has 0 spiro atoms. The van der Waals surface area contributed by atoms with Crippen molar-refractivity contribution in [1.82, 2.24) is 0 Å². The minimum atomic E-state index is -0.384. The van der Waals surface area contributed by atoms with Crippen molar-refractivity contribution < 1.29 is 13.9 Å². The van der Waals surface area contributed by atoms with Crippen molar-refractivity contribution >= 4 is 18.4 Å². The number of hydrogen-bond acceptors (Lipinski definition) is 3. The van der Waals surface area contributed by atoms with Crippen molar-refractivity contribution in [1.29, 1.82) is 0 Å². The van der Waals surface area contributed by atoms with Crippen LogP contribution in [0.5, 0.6) is 0 Å². The molecule has 5 heteroatoms. The van der Waals surface area contributed by atoms with E-state index in [-0.39, 0.29) is 37.2 Å². The Morgan fingerprint density at radius 1 is 1.53 bits per heavy atom. The Balaban J connectivity index is 0.00000196. The molecule has 0 saturated heterocycles. The maximum Gasteiger partial charge on any atom is 0.309 e. The standard InChI is InChI=1S/C10H12FNO2.ClH/c1-14-10(13)5-7-2-3-8(6-12)9(11)4-7;/h2-4H,5-6,12H2,1H3;1H. The Bertz CT molecular complexity index is 344. The molecule has 1 aromatic carbocycles. The zero-order valence-electron chi connectivity index (χ0n) is 8.33. The van der Waals surface area contributed by atoms with Gasteiger partial charge >= 0.3 is 5.97 Å². The van der Waals surface area contributed by atoms with E-state index in [1.165, 1.54) is 13.2 Å². The van der Waals surface area contributed by atoms with Crippen molar-refractivity contribution in [3.8, 4) is 0 Å². The Kier molecular flexibility index (Phi) is 5.89. The van der Waals surface area contributed by atoms with E-state index in [2.05, 4.69) is 4.74 Å². The number of rotatable bonds is 3. The van der Waals surface area contributed by atoms with Gasteiger partial charge in [0.25, 0.3) is 0 Å². The first-order valence-corrected chi connectivity index (χ1v) is 4.21. The van der Waals surface area contributed by atoms with Crippen molar-refractivity contribution in [3.05, 3.63) is 35.1 Å². The van der Waals surface area contributed by atoms with Gasteiger partial charge in [0.05, 0.1) is 13.5 Å². The van der Waals surface area contributed by atoms with Gasteiger partial charge in [0.15, 0.2) is 0 Å². The van der Waals surface area contributed by atoms with Gasteiger partial charge < -0.3 is 10.5 Å². The number of ether oxygens (including phenoxy) is 1. The van der Waals surface area contributed by atoms with Crippen LogP contribution in [-0.4, -0.2) is 13.1 Å². The average Bonchev–Trinajstić information content (AvgIpc) is 2.18. The molecule has 0 aliphatic rings. The van der Waals surface area contributed by atoms with Gasteiger partial charge in [0.2, 0.25) is 0 Å². The molecule has 84 valence electrons. The summed E-state index contributed by atoms with van der Waals surface area (Å²) >= 11 is 0. The summed E-state index contributed by atoms with van der Waals surface area (Å²) in [4.78, 5) is 10.9. The van der Waals surface area contributed by atoms with Crippen LogP contribution in [0.1, 0.15) is 11.1 Å². The van der Waals surface area contributed by atoms with Crippen LogP contribution in [-0.2, 0) is 22.5 Å². The first-order chi connectivity index (χ1) is 6.67. The molecule has 0 heterocycles. The fourth-order valence-corrected chi connectivity index (χ4v) is 1.11. The van der Waals surface area contributed by atoms with E-state index in [9.17, 15) is 9.18 Å². The molecule has 2 N–H and O–H groups in total. The lowest BCUT2D eigenvalue weighted by atomic mass is 10.1. The van der Waals surface area contributed by atoms with Gasteiger partial charge in [-0.3, -0.25) is 4.79 Å². The first kappa shape index (κ1) is 13.9. The lowest BCUT2D eigenvalue weighted by molar-refractivity contribution is -0.139. The van der Waals surface area contributed by atoms with Crippen LogP contribution in [0, 0.1) is 5.82 Å². The number of carbonyl (C=O) groups excluding carboxylic acids is 1. The van der Waals surface area contributed by atoms with E-state index >= 15 is 0 Å². The molecule has 0 bridgehead atoms. The largest absolute Gasteiger partial charge is 0.469 e. The minimum Gasteiger partial charge on any atom is -0.469 e. The quantitative estimate of drug-likeness (QED) is 0.804. The van der Waals surface area contributed by atoms with E-state index in [4.69, 9.17) is 5.73 Å². The molecule has 0 fully saturated rings. The average molecular weight is 234 g/mol. The third kappa shape index (κ3) is 3.85. The van der Waals surface area contributed by atoms with Crippen LogP contribution in [0.2, 0.25) is 0 Å². The van der Waals surface area contributed by atoms with Crippen molar-refractivity contribution in [2.75, 3.05) is 7.11 Å². The molecule has 0 saturated carbocycles. The molecule has 1 rings (SSSR count). The second-order valence-electron chi connectivity index (χ2n) is 2.88. The topological polar surface area (TPSA) is 52.3 Å². The van der Waals surface area contributed by atoms with Crippen LogP contribution in [0.4, 0.5) is 4.39 Å². The monoisotopic (exact) mass is 233 g/mol. The highest BCUT2D eigenvalue weighted by Gasteiger charge is 2.06. The number of halogens is 2. The Labute approximate surface area is 93.8 Å². The first-order valence-electron chi connectivity index (χ1n) is 4.21. The van der Waals surface area contributed by atoms with Crippen LogP contribution >= 0.6 is 12.4 Å². The third-order valence-corrected chi connectivity index (χ3v) is 1.91. The Morgan fingerprint density at radius 3 is 2.67 bits per heavy atom. The summed E-state index contributed by atoms with van der Waals surface area (Å²) in [6, 6.07) is 4.55. The number of benzene rings is 1. The highest BCUT2D eigenvalue weighted by molar-refractivity contribution is 5.85. The van der Waals surface area contributed by atoms with E-state index in [1.807, 2.05) is 0 Å². The zero-order valence-corrected chi connectivity index (χ0v) is 9.14. The van der Waals surface area contributed by atoms with Gasteiger partial charge in [-0.15, -0.1) is 12.4 Å². The van der Waals surface area contributed by atoms with Gasteiger partial charge in [0, 0.05) is 12.1 Å². The molecule has 0 unspecified atom stereocenters. The molecule has 15 heavy (non-hydrogen) atoms.